The average molecular weight is 508 g/mol. The lowest BCUT2D eigenvalue weighted by atomic mass is 9.92. The number of fused-ring (bicyclic) bond motifs is 2. The van der Waals surface area contributed by atoms with E-state index in [-0.39, 0.29) is 35.7 Å². The van der Waals surface area contributed by atoms with Gasteiger partial charge in [-0.1, -0.05) is 0 Å². The smallest absolute Gasteiger partial charge is 0.424 e. The van der Waals surface area contributed by atoms with E-state index in [2.05, 4.69) is 20.4 Å². The molecule has 3 heterocycles. The zero-order valence-electron chi connectivity index (χ0n) is 19.6. The molecular formula is C24H25F5N6O. The highest BCUT2D eigenvalue weighted by molar-refractivity contribution is 5.49. The monoisotopic (exact) mass is 508 g/mol. The van der Waals surface area contributed by atoms with Gasteiger partial charge in [-0.3, -0.25) is 4.98 Å². The molecule has 2 aliphatic rings. The van der Waals surface area contributed by atoms with Crippen LogP contribution in [0.25, 0.3) is 0 Å². The minimum absolute atomic E-state index is 0.0303. The number of hydrogen-bond donors (Lipinski definition) is 1. The number of anilines is 2. The van der Waals surface area contributed by atoms with E-state index in [0.29, 0.717) is 24.7 Å². The number of nitrogens with zero attached hydrogens (tertiary/aromatic N) is 5. The van der Waals surface area contributed by atoms with Crippen molar-refractivity contribution in [2.24, 2.45) is 11.8 Å². The summed E-state index contributed by atoms with van der Waals surface area (Å²) in [6.07, 6.45) is -1.45. The van der Waals surface area contributed by atoms with E-state index in [0.717, 1.165) is 37.1 Å². The summed E-state index contributed by atoms with van der Waals surface area (Å²) in [4.78, 5) is 9.85. The van der Waals surface area contributed by atoms with Gasteiger partial charge in [0.05, 0.1) is 6.04 Å². The van der Waals surface area contributed by atoms with E-state index in [9.17, 15) is 22.0 Å². The molecule has 0 radical (unpaired) electrons. The van der Waals surface area contributed by atoms with Crippen molar-refractivity contribution in [3.8, 4) is 11.8 Å². The Labute approximate surface area is 204 Å². The molecule has 1 saturated carbocycles. The van der Waals surface area contributed by atoms with Crippen LogP contribution in [0.15, 0.2) is 36.5 Å². The molecule has 12 heteroatoms. The van der Waals surface area contributed by atoms with E-state index in [1.165, 1.54) is 10.9 Å². The second-order valence-electron chi connectivity index (χ2n) is 9.53. The Morgan fingerprint density at radius 1 is 1.03 bits per heavy atom. The van der Waals surface area contributed by atoms with Crippen LogP contribution < -0.4 is 15.0 Å². The van der Waals surface area contributed by atoms with Gasteiger partial charge in [-0.15, -0.1) is 5.10 Å². The molecule has 1 N–H and O–H groups in total. The fourth-order valence-corrected chi connectivity index (χ4v) is 5.06. The van der Waals surface area contributed by atoms with Crippen LogP contribution in [0.2, 0.25) is 0 Å². The number of rotatable bonds is 6. The van der Waals surface area contributed by atoms with Gasteiger partial charge in [0.1, 0.15) is 23.1 Å². The fourth-order valence-electron chi connectivity index (χ4n) is 5.06. The second-order valence-corrected chi connectivity index (χ2v) is 9.53. The summed E-state index contributed by atoms with van der Waals surface area (Å²) in [6, 6.07) is 5.58. The molecule has 0 amide bonds. The van der Waals surface area contributed by atoms with Gasteiger partial charge in [0.15, 0.2) is 0 Å². The standard InChI is InChI=1S/C24H25F5N6O/c1-13(2)35-23(36-19-8-16(25)7-17(26)9-19)32-22(33-35)31-21-14-3-4-15(21)12-34(11-14)18-5-6-30-20(10-18)24(27,28)29/h5-10,13-15,21H,3-4,11-12H2,1-2H3,(H,31,33)/t14-,15+,21?. The third kappa shape index (κ3) is 4.93. The Hall–Kier alpha value is -3.44. The minimum atomic E-state index is -4.49. The highest BCUT2D eigenvalue weighted by Gasteiger charge is 2.43. The van der Waals surface area contributed by atoms with Crippen molar-refractivity contribution in [3.05, 3.63) is 53.9 Å². The van der Waals surface area contributed by atoms with Crippen LogP contribution in [0.3, 0.4) is 0 Å². The van der Waals surface area contributed by atoms with Crippen LogP contribution in [0.1, 0.15) is 38.4 Å². The maximum absolute atomic E-state index is 13.6. The number of benzene rings is 1. The van der Waals surface area contributed by atoms with Crippen LogP contribution >= 0.6 is 0 Å². The Morgan fingerprint density at radius 3 is 2.31 bits per heavy atom. The molecule has 2 bridgehead atoms. The van der Waals surface area contributed by atoms with Gasteiger partial charge in [-0.2, -0.15) is 18.2 Å². The molecule has 3 aromatic rings. The van der Waals surface area contributed by atoms with Crippen LogP contribution in [0.4, 0.5) is 33.6 Å². The maximum Gasteiger partial charge on any atom is 0.433 e. The molecule has 192 valence electrons. The Balaban J connectivity index is 1.32. The number of piperidine rings is 1. The lowest BCUT2D eigenvalue weighted by Crippen LogP contribution is -2.48. The van der Waals surface area contributed by atoms with Gasteiger partial charge in [0, 0.05) is 49.2 Å². The van der Waals surface area contributed by atoms with E-state index < -0.39 is 23.5 Å². The van der Waals surface area contributed by atoms with Crippen molar-refractivity contribution in [2.75, 3.05) is 23.3 Å². The molecule has 2 aromatic heterocycles. The Kier molecular flexibility index (Phi) is 6.21. The SMILES string of the molecule is CC(C)n1nc(NC2[C@@H]3CC[C@H]2CN(c2ccnc(C(F)(F)F)c2)C3)nc1Oc1cc(F)cc(F)c1. The fraction of sp³-hybridized carbons (Fsp3) is 0.458. The topological polar surface area (TPSA) is 68.1 Å². The van der Waals surface area contributed by atoms with Crippen molar-refractivity contribution >= 4 is 11.6 Å². The molecule has 2 fully saturated rings. The molecule has 1 aliphatic carbocycles. The summed E-state index contributed by atoms with van der Waals surface area (Å²) in [5, 5.41) is 7.88. The normalized spacial score (nSPS) is 21.8. The van der Waals surface area contributed by atoms with E-state index in [1.54, 1.807) is 6.07 Å². The van der Waals surface area contributed by atoms with Crippen molar-refractivity contribution in [1.82, 2.24) is 19.7 Å². The van der Waals surface area contributed by atoms with Gasteiger partial charge < -0.3 is 15.0 Å². The molecule has 5 rings (SSSR count). The number of hydrogen-bond acceptors (Lipinski definition) is 6. The summed E-state index contributed by atoms with van der Waals surface area (Å²) in [5.41, 5.74) is -0.394. The first-order chi connectivity index (χ1) is 17.1. The van der Waals surface area contributed by atoms with Gasteiger partial charge in [-0.25, -0.2) is 13.5 Å². The molecule has 0 spiro atoms. The van der Waals surface area contributed by atoms with Gasteiger partial charge >= 0.3 is 12.2 Å². The summed E-state index contributed by atoms with van der Waals surface area (Å²) in [5.74, 6) is -0.873. The number of pyridine rings is 1. The van der Waals surface area contributed by atoms with Gasteiger partial charge in [-0.05, 0) is 50.7 Å². The van der Waals surface area contributed by atoms with Crippen molar-refractivity contribution in [1.29, 1.82) is 0 Å². The zero-order valence-corrected chi connectivity index (χ0v) is 19.6. The molecule has 1 aromatic carbocycles. The predicted molar refractivity (Wildman–Crippen MR) is 122 cm³/mol. The van der Waals surface area contributed by atoms with Gasteiger partial charge in [0.2, 0.25) is 5.95 Å². The van der Waals surface area contributed by atoms with Crippen LogP contribution in [0, 0.1) is 23.5 Å². The minimum Gasteiger partial charge on any atom is -0.424 e. The third-order valence-electron chi connectivity index (χ3n) is 6.66. The molecular weight excluding hydrogens is 483 g/mol. The number of alkyl halides is 3. The summed E-state index contributed by atoms with van der Waals surface area (Å²) < 4.78 is 73.7. The lowest BCUT2D eigenvalue weighted by Gasteiger charge is -2.39. The highest BCUT2D eigenvalue weighted by Crippen LogP contribution is 2.41. The largest absolute Gasteiger partial charge is 0.433 e. The third-order valence-corrected chi connectivity index (χ3v) is 6.66. The second kappa shape index (κ2) is 9.21. The average Bonchev–Trinajstić information content (AvgIpc) is 3.28. The molecule has 36 heavy (non-hydrogen) atoms. The van der Waals surface area contributed by atoms with Crippen molar-refractivity contribution < 1.29 is 26.7 Å². The van der Waals surface area contributed by atoms with E-state index >= 15 is 0 Å². The first-order valence-electron chi connectivity index (χ1n) is 11.7. The van der Waals surface area contributed by atoms with E-state index in [1.807, 2.05) is 18.7 Å². The Bertz CT molecular complexity index is 1210. The van der Waals surface area contributed by atoms with Crippen LogP contribution in [-0.4, -0.2) is 38.9 Å². The molecule has 1 unspecified atom stereocenters. The molecule has 7 nitrogen and oxygen atoms in total. The highest BCUT2D eigenvalue weighted by atomic mass is 19.4. The van der Waals surface area contributed by atoms with Gasteiger partial charge in [0.25, 0.3) is 0 Å². The molecule has 3 atom stereocenters. The van der Waals surface area contributed by atoms with Crippen LogP contribution in [0.5, 0.6) is 11.8 Å². The van der Waals surface area contributed by atoms with Crippen LogP contribution in [-0.2, 0) is 6.18 Å². The summed E-state index contributed by atoms with van der Waals surface area (Å²) in [6.45, 7) is 4.94. The Morgan fingerprint density at radius 2 is 1.69 bits per heavy atom. The first kappa shape index (κ1) is 24.3. The first-order valence-corrected chi connectivity index (χ1v) is 11.7. The number of aromatic nitrogens is 4. The summed E-state index contributed by atoms with van der Waals surface area (Å²) >= 11 is 0. The van der Waals surface area contributed by atoms with Crippen molar-refractivity contribution in [3.63, 3.8) is 0 Å². The summed E-state index contributed by atoms with van der Waals surface area (Å²) in [7, 11) is 0. The predicted octanol–water partition coefficient (Wildman–Crippen LogP) is 5.67. The quantitative estimate of drug-likeness (QED) is 0.433. The molecule has 1 saturated heterocycles. The van der Waals surface area contributed by atoms with Crippen molar-refractivity contribution in [2.45, 2.75) is 44.9 Å². The maximum atomic E-state index is 13.6. The zero-order chi connectivity index (χ0) is 25.6. The number of ether oxygens (including phenoxy) is 1. The number of nitrogens with one attached hydrogen (secondary N) is 1. The lowest BCUT2D eigenvalue weighted by molar-refractivity contribution is -0.141. The molecule has 1 aliphatic heterocycles. The van der Waals surface area contributed by atoms with E-state index in [4.69, 9.17) is 4.74 Å². The number of halogens is 5.